The summed E-state index contributed by atoms with van der Waals surface area (Å²) < 4.78 is 10.8. The van der Waals surface area contributed by atoms with Crippen LogP contribution in [0.2, 0.25) is 0 Å². The van der Waals surface area contributed by atoms with E-state index in [9.17, 15) is 4.79 Å². The topological polar surface area (TPSA) is 88.3 Å². The number of amides is 1. The summed E-state index contributed by atoms with van der Waals surface area (Å²) in [7, 11) is 1.61. The molecule has 0 radical (unpaired) electrons. The van der Waals surface area contributed by atoms with Crippen LogP contribution in [0.15, 0.2) is 18.2 Å². The molecule has 2 aromatic rings. The molecule has 0 bridgehead atoms. The summed E-state index contributed by atoms with van der Waals surface area (Å²) in [5.41, 5.74) is 3.41. The third-order valence-electron chi connectivity index (χ3n) is 4.00. The van der Waals surface area contributed by atoms with Crippen molar-refractivity contribution in [1.82, 2.24) is 20.8 Å². The molecule has 0 saturated carbocycles. The molecule has 0 aliphatic carbocycles. The van der Waals surface area contributed by atoms with Crippen LogP contribution in [0.25, 0.3) is 0 Å². The highest BCUT2D eigenvalue weighted by molar-refractivity contribution is 5.94. The number of aromatic nitrogens is 2. The van der Waals surface area contributed by atoms with Crippen molar-refractivity contribution in [2.45, 2.75) is 26.4 Å². The van der Waals surface area contributed by atoms with Crippen LogP contribution in [0.1, 0.15) is 34.2 Å². The van der Waals surface area contributed by atoms with E-state index in [1.807, 2.05) is 25.1 Å². The number of nitrogens with zero attached hydrogens (tertiary/aromatic N) is 1. The van der Waals surface area contributed by atoms with Gasteiger partial charge in [0, 0.05) is 37.3 Å². The summed E-state index contributed by atoms with van der Waals surface area (Å²) in [6.45, 7) is 4.45. The van der Waals surface area contributed by atoms with Crippen molar-refractivity contribution >= 4 is 18.3 Å². The number of hydrogen-bond acceptors (Lipinski definition) is 5. The second-order valence-corrected chi connectivity index (χ2v) is 5.56. The van der Waals surface area contributed by atoms with Crippen LogP contribution in [0.5, 0.6) is 11.5 Å². The summed E-state index contributed by atoms with van der Waals surface area (Å²) in [5, 5.41) is 13.3. The van der Waals surface area contributed by atoms with Crippen molar-refractivity contribution in [2.24, 2.45) is 0 Å². The minimum Gasteiger partial charge on any atom is -0.493 e. The molecule has 1 aliphatic heterocycles. The normalized spacial score (nSPS) is 12.7. The molecule has 3 rings (SSSR count). The van der Waals surface area contributed by atoms with E-state index < -0.39 is 0 Å². The Balaban J connectivity index is 0.00000225. The number of halogens is 1. The Bertz CT molecular complexity index is 733. The Labute approximate surface area is 152 Å². The maximum atomic E-state index is 12.4. The van der Waals surface area contributed by atoms with Gasteiger partial charge in [0.15, 0.2) is 17.2 Å². The molecule has 0 saturated heterocycles. The summed E-state index contributed by atoms with van der Waals surface area (Å²) in [6.07, 6.45) is 0.867. The SMILES string of the molecule is CCOc1cc(CNC(=O)c2n[nH]c3c2CNCC3)ccc1OC.Cl. The van der Waals surface area contributed by atoms with Gasteiger partial charge >= 0.3 is 0 Å². The number of benzene rings is 1. The van der Waals surface area contributed by atoms with Crippen LogP contribution in [-0.2, 0) is 19.5 Å². The Kier molecular flexibility index (Phi) is 6.66. The van der Waals surface area contributed by atoms with E-state index in [-0.39, 0.29) is 18.3 Å². The predicted molar refractivity (Wildman–Crippen MR) is 96.6 cm³/mol. The van der Waals surface area contributed by atoms with Crippen molar-refractivity contribution in [3.05, 3.63) is 40.7 Å². The van der Waals surface area contributed by atoms with Gasteiger partial charge in [0.05, 0.1) is 13.7 Å². The van der Waals surface area contributed by atoms with Crippen molar-refractivity contribution in [1.29, 1.82) is 0 Å². The van der Waals surface area contributed by atoms with E-state index in [1.165, 1.54) is 0 Å². The molecule has 1 aromatic carbocycles. The van der Waals surface area contributed by atoms with Crippen molar-refractivity contribution in [2.75, 3.05) is 20.3 Å². The largest absolute Gasteiger partial charge is 0.493 e. The van der Waals surface area contributed by atoms with Gasteiger partial charge in [0.2, 0.25) is 0 Å². The molecular formula is C17H23ClN4O3. The molecule has 3 N–H and O–H groups in total. The fraction of sp³-hybridized carbons (Fsp3) is 0.412. The average Bonchev–Trinajstić information content (AvgIpc) is 3.04. The van der Waals surface area contributed by atoms with Crippen LogP contribution in [0.3, 0.4) is 0 Å². The maximum absolute atomic E-state index is 12.4. The first-order valence-electron chi connectivity index (χ1n) is 8.07. The zero-order chi connectivity index (χ0) is 16.9. The molecule has 0 unspecified atom stereocenters. The Morgan fingerprint density at radius 1 is 1.36 bits per heavy atom. The summed E-state index contributed by atoms with van der Waals surface area (Å²) in [4.78, 5) is 12.4. The van der Waals surface area contributed by atoms with Gasteiger partial charge in [-0.15, -0.1) is 12.4 Å². The van der Waals surface area contributed by atoms with Gasteiger partial charge in [0.1, 0.15) is 0 Å². The van der Waals surface area contributed by atoms with Crippen molar-refractivity contribution < 1.29 is 14.3 Å². The van der Waals surface area contributed by atoms with Crippen LogP contribution in [0, 0.1) is 0 Å². The van der Waals surface area contributed by atoms with Crippen LogP contribution >= 0.6 is 12.4 Å². The van der Waals surface area contributed by atoms with Crippen LogP contribution in [0.4, 0.5) is 0 Å². The molecule has 1 amide bonds. The van der Waals surface area contributed by atoms with E-state index in [2.05, 4.69) is 20.8 Å². The lowest BCUT2D eigenvalue weighted by Gasteiger charge is -2.13. The lowest BCUT2D eigenvalue weighted by Crippen LogP contribution is -2.28. The second kappa shape index (κ2) is 8.73. The Morgan fingerprint density at radius 3 is 2.96 bits per heavy atom. The summed E-state index contributed by atoms with van der Waals surface area (Å²) in [6, 6.07) is 5.63. The highest BCUT2D eigenvalue weighted by Gasteiger charge is 2.21. The maximum Gasteiger partial charge on any atom is 0.272 e. The molecular weight excluding hydrogens is 344 g/mol. The van der Waals surface area contributed by atoms with E-state index in [1.54, 1.807) is 7.11 Å². The average molecular weight is 367 g/mol. The van der Waals surface area contributed by atoms with Crippen molar-refractivity contribution in [3.8, 4) is 11.5 Å². The fourth-order valence-corrected chi connectivity index (χ4v) is 2.78. The standard InChI is InChI=1S/C17H22N4O3.ClH/c1-3-24-15-8-11(4-5-14(15)23-2)9-19-17(22)16-12-10-18-7-6-13(12)20-21-16;/h4-5,8,18H,3,6-7,9-10H2,1-2H3,(H,19,22)(H,20,21);1H. The molecule has 7 nitrogen and oxygen atoms in total. The van der Waals surface area contributed by atoms with Crippen LogP contribution in [-0.4, -0.2) is 36.4 Å². The molecule has 2 heterocycles. The number of nitrogens with one attached hydrogen (secondary N) is 3. The van der Waals surface area contributed by atoms with Gasteiger partial charge in [-0.25, -0.2) is 0 Å². The first-order chi connectivity index (χ1) is 11.7. The quantitative estimate of drug-likeness (QED) is 0.725. The number of H-pyrrole nitrogens is 1. The lowest BCUT2D eigenvalue weighted by molar-refractivity contribution is 0.0944. The number of carbonyl (C=O) groups is 1. The van der Waals surface area contributed by atoms with Gasteiger partial charge in [0.25, 0.3) is 5.91 Å². The Hall–Kier alpha value is -2.25. The Morgan fingerprint density at radius 2 is 2.20 bits per heavy atom. The number of aromatic amines is 1. The first kappa shape index (κ1) is 19.1. The fourth-order valence-electron chi connectivity index (χ4n) is 2.78. The van der Waals surface area contributed by atoms with E-state index in [0.29, 0.717) is 36.9 Å². The van der Waals surface area contributed by atoms with Gasteiger partial charge in [-0.05, 0) is 24.6 Å². The van der Waals surface area contributed by atoms with Gasteiger partial charge in [-0.2, -0.15) is 5.10 Å². The number of carbonyl (C=O) groups excluding carboxylic acids is 1. The minimum atomic E-state index is -0.176. The number of rotatable bonds is 6. The van der Waals surface area contributed by atoms with E-state index >= 15 is 0 Å². The molecule has 1 aromatic heterocycles. The molecule has 0 atom stereocenters. The smallest absolute Gasteiger partial charge is 0.272 e. The molecule has 0 spiro atoms. The van der Waals surface area contributed by atoms with E-state index in [4.69, 9.17) is 9.47 Å². The zero-order valence-electron chi connectivity index (χ0n) is 14.3. The summed E-state index contributed by atoms with van der Waals surface area (Å²) >= 11 is 0. The highest BCUT2D eigenvalue weighted by atomic mass is 35.5. The van der Waals surface area contributed by atoms with E-state index in [0.717, 1.165) is 29.8 Å². The number of ether oxygens (including phenoxy) is 2. The van der Waals surface area contributed by atoms with Gasteiger partial charge in [-0.3, -0.25) is 9.89 Å². The monoisotopic (exact) mass is 366 g/mol. The molecule has 1 aliphatic rings. The number of methoxy groups -OCH3 is 1. The molecule has 0 fully saturated rings. The summed E-state index contributed by atoms with van der Waals surface area (Å²) in [5.74, 6) is 1.18. The van der Waals surface area contributed by atoms with Crippen molar-refractivity contribution in [3.63, 3.8) is 0 Å². The lowest BCUT2D eigenvalue weighted by atomic mass is 10.1. The first-order valence-corrected chi connectivity index (χ1v) is 8.07. The second-order valence-electron chi connectivity index (χ2n) is 5.56. The molecule has 136 valence electrons. The number of fused-ring (bicyclic) bond motifs is 1. The molecule has 8 heteroatoms. The number of hydrogen-bond donors (Lipinski definition) is 3. The third kappa shape index (κ3) is 4.24. The predicted octanol–water partition coefficient (Wildman–Crippen LogP) is 1.81. The molecule has 25 heavy (non-hydrogen) atoms. The van der Waals surface area contributed by atoms with Crippen LogP contribution < -0.4 is 20.1 Å². The highest BCUT2D eigenvalue weighted by Crippen LogP contribution is 2.28. The van der Waals surface area contributed by atoms with Gasteiger partial charge < -0.3 is 20.1 Å². The third-order valence-corrected chi connectivity index (χ3v) is 4.00. The minimum absolute atomic E-state index is 0. The zero-order valence-corrected chi connectivity index (χ0v) is 15.2. The van der Waals surface area contributed by atoms with Gasteiger partial charge in [-0.1, -0.05) is 6.07 Å².